The van der Waals surface area contributed by atoms with Gasteiger partial charge in [-0.1, -0.05) is 39.3 Å². The number of benzene rings is 1. The Morgan fingerprint density at radius 1 is 1.25 bits per heavy atom. The summed E-state index contributed by atoms with van der Waals surface area (Å²) < 4.78 is 0. The Morgan fingerprint density at radius 3 is 2.44 bits per heavy atom. The number of phenols is 1. The van der Waals surface area contributed by atoms with Crippen molar-refractivity contribution < 1.29 is 5.11 Å². The van der Waals surface area contributed by atoms with E-state index in [2.05, 4.69) is 32.9 Å². The monoisotopic (exact) mass is 218 g/mol. The summed E-state index contributed by atoms with van der Waals surface area (Å²) in [6.45, 7) is 6.76. The van der Waals surface area contributed by atoms with E-state index < -0.39 is 0 Å². The number of hydrogen-bond donors (Lipinski definition) is 1. The topological polar surface area (TPSA) is 20.2 Å². The van der Waals surface area contributed by atoms with E-state index in [4.69, 9.17) is 0 Å². The van der Waals surface area contributed by atoms with E-state index in [1.54, 1.807) is 0 Å². The molecule has 0 unspecified atom stereocenters. The van der Waals surface area contributed by atoms with Crippen LogP contribution in [0.5, 0.6) is 5.75 Å². The van der Waals surface area contributed by atoms with Crippen molar-refractivity contribution in [3.8, 4) is 5.75 Å². The van der Waals surface area contributed by atoms with Crippen molar-refractivity contribution in [1.29, 1.82) is 0 Å². The van der Waals surface area contributed by atoms with Gasteiger partial charge in [0.2, 0.25) is 0 Å². The molecule has 0 radical (unpaired) electrons. The van der Waals surface area contributed by atoms with Crippen LogP contribution in [0.4, 0.5) is 0 Å². The lowest BCUT2D eigenvalue weighted by Crippen LogP contribution is -2.12. The molecule has 1 aromatic rings. The molecule has 1 aromatic carbocycles. The van der Waals surface area contributed by atoms with Crippen LogP contribution in [0.2, 0.25) is 0 Å². The van der Waals surface area contributed by atoms with Crippen molar-refractivity contribution in [2.45, 2.75) is 52.4 Å². The zero-order chi connectivity index (χ0) is 11.8. The number of rotatable bonds is 2. The molecule has 16 heavy (non-hydrogen) atoms. The predicted octanol–water partition coefficient (Wildman–Crippen LogP) is 4.25. The molecule has 1 N–H and O–H groups in total. The van der Waals surface area contributed by atoms with Gasteiger partial charge < -0.3 is 5.11 Å². The maximum absolute atomic E-state index is 9.87. The number of aromatic hydroxyl groups is 1. The van der Waals surface area contributed by atoms with E-state index in [0.29, 0.717) is 17.1 Å². The molecule has 0 heterocycles. The van der Waals surface area contributed by atoms with Gasteiger partial charge in [-0.25, -0.2) is 0 Å². The molecular weight excluding hydrogens is 196 g/mol. The van der Waals surface area contributed by atoms with E-state index in [9.17, 15) is 5.11 Å². The molecule has 0 aromatic heterocycles. The third-order valence-corrected chi connectivity index (χ3v) is 3.37. The largest absolute Gasteiger partial charge is 0.508 e. The van der Waals surface area contributed by atoms with Gasteiger partial charge in [-0.2, -0.15) is 0 Å². The SMILES string of the molecule is CC(C)(C)Cc1ccc(O)c(C2CCC2)c1. The first kappa shape index (κ1) is 11.5. The van der Waals surface area contributed by atoms with Crippen LogP contribution in [0.1, 0.15) is 57.1 Å². The van der Waals surface area contributed by atoms with Crippen LogP contribution in [-0.4, -0.2) is 5.11 Å². The smallest absolute Gasteiger partial charge is 0.119 e. The Kier molecular flexibility index (Phi) is 2.96. The average Bonchev–Trinajstić information content (AvgIpc) is 2.05. The van der Waals surface area contributed by atoms with Gasteiger partial charge in [0.25, 0.3) is 0 Å². The minimum absolute atomic E-state index is 0.313. The molecule has 1 aliphatic carbocycles. The Bertz CT molecular complexity index is 370. The molecule has 1 nitrogen and oxygen atoms in total. The second-order valence-electron chi connectivity index (χ2n) is 6.26. The van der Waals surface area contributed by atoms with Crippen LogP contribution in [0, 0.1) is 5.41 Å². The highest BCUT2D eigenvalue weighted by molar-refractivity contribution is 5.39. The summed E-state index contributed by atoms with van der Waals surface area (Å²) in [5, 5.41) is 9.87. The molecule has 0 aliphatic heterocycles. The van der Waals surface area contributed by atoms with E-state index in [1.807, 2.05) is 6.07 Å². The summed E-state index contributed by atoms with van der Waals surface area (Å²) in [6, 6.07) is 6.14. The molecule has 0 saturated heterocycles. The zero-order valence-electron chi connectivity index (χ0n) is 10.6. The highest BCUT2D eigenvalue weighted by atomic mass is 16.3. The van der Waals surface area contributed by atoms with Crippen LogP contribution < -0.4 is 0 Å². The molecular formula is C15H22O. The zero-order valence-corrected chi connectivity index (χ0v) is 10.6. The first-order valence-electron chi connectivity index (χ1n) is 6.27. The first-order chi connectivity index (χ1) is 7.46. The normalized spacial score (nSPS) is 17.2. The lowest BCUT2D eigenvalue weighted by atomic mass is 9.78. The molecule has 0 spiro atoms. The van der Waals surface area contributed by atoms with Crippen LogP contribution >= 0.6 is 0 Å². The number of hydrogen-bond acceptors (Lipinski definition) is 1. The van der Waals surface area contributed by atoms with Crippen molar-refractivity contribution >= 4 is 0 Å². The van der Waals surface area contributed by atoms with E-state index in [1.165, 1.54) is 30.4 Å². The highest BCUT2D eigenvalue weighted by Crippen LogP contribution is 2.41. The molecule has 2 rings (SSSR count). The Labute approximate surface area is 98.5 Å². The molecule has 1 saturated carbocycles. The summed E-state index contributed by atoms with van der Waals surface area (Å²) in [5.41, 5.74) is 2.84. The summed E-state index contributed by atoms with van der Waals surface area (Å²) in [4.78, 5) is 0. The summed E-state index contributed by atoms with van der Waals surface area (Å²) in [5.74, 6) is 1.10. The Balaban J connectivity index is 2.21. The average molecular weight is 218 g/mol. The third kappa shape index (κ3) is 2.58. The molecule has 0 amide bonds. The maximum Gasteiger partial charge on any atom is 0.119 e. The van der Waals surface area contributed by atoms with Gasteiger partial charge in [-0.05, 0) is 47.8 Å². The van der Waals surface area contributed by atoms with E-state index >= 15 is 0 Å². The number of phenolic OH excluding ortho intramolecular Hbond substituents is 1. The molecule has 0 atom stereocenters. The minimum Gasteiger partial charge on any atom is -0.508 e. The summed E-state index contributed by atoms with van der Waals surface area (Å²) in [6.07, 6.45) is 4.87. The Morgan fingerprint density at radius 2 is 1.94 bits per heavy atom. The molecule has 0 bridgehead atoms. The van der Waals surface area contributed by atoms with Crippen molar-refractivity contribution in [3.63, 3.8) is 0 Å². The molecule has 88 valence electrons. The van der Waals surface area contributed by atoms with Crippen LogP contribution in [0.25, 0.3) is 0 Å². The van der Waals surface area contributed by atoms with Crippen molar-refractivity contribution in [3.05, 3.63) is 29.3 Å². The van der Waals surface area contributed by atoms with Gasteiger partial charge in [-0.3, -0.25) is 0 Å². The van der Waals surface area contributed by atoms with Gasteiger partial charge in [0.05, 0.1) is 0 Å². The van der Waals surface area contributed by atoms with Gasteiger partial charge in [-0.15, -0.1) is 0 Å². The first-order valence-corrected chi connectivity index (χ1v) is 6.27. The lowest BCUT2D eigenvalue weighted by Gasteiger charge is -2.27. The molecule has 1 fully saturated rings. The quantitative estimate of drug-likeness (QED) is 0.786. The fourth-order valence-electron chi connectivity index (χ4n) is 2.37. The predicted molar refractivity (Wildman–Crippen MR) is 67.9 cm³/mol. The van der Waals surface area contributed by atoms with Crippen molar-refractivity contribution in [2.75, 3.05) is 0 Å². The second kappa shape index (κ2) is 4.12. The van der Waals surface area contributed by atoms with Crippen LogP contribution in [-0.2, 0) is 6.42 Å². The standard InChI is InChI=1S/C15H22O/c1-15(2,3)10-11-7-8-14(16)13(9-11)12-5-4-6-12/h7-9,12,16H,4-6,10H2,1-3H3. The highest BCUT2D eigenvalue weighted by Gasteiger charge is 2.23. The van der Waals surface area contributed by atoms with Crippen molar-refractivity contribution in [1.82, 2.24) is 0 Å². The van der Waals surface area contributed by atoms with Crippen molar-refractivity contribution in [2.24, 2.45) is 5.41 Å². The van der Waals surface area contributed by atoms with E-state index in [-0.39, 0.29) is 0 Å². The maximum atomic E-state index is 9.87. The van der Waals surface area contributed by atoms with E-state index in [0.717, 1.165) is 6.42 Å². The molecule has 1 heteroatoms. The van der Waals surface area contributed by atoms with Crippen LogP contribution in [0.15, 0.2) is 18.2 Å². The fraction of sp³-hybridized carbons (Fsp3) is 0.600. The van der Waals surface area contributed by atoms with Gasteiger partial charge in [0, 0.05) is 0 Å². The second-order valence-corrected chi connectivity index (χ2v) is 6.26. The lowest BCUT2D eigenvalue weighted by molar-refractivity contribution is 0.388. The minimum atomic E-state index is 0.313. The fourth-order valence-corrected chi connectivity index (χ4v) is 2.37. The van der Waals surface area contributed by atoms with Gasteiger partial charge >= 0.3 is 0 Å². The Hall–Kier alpha value is -0.980. The molecule has 1 aliphatic rings. The van der Waals surface area contributed by atoms with Gasteiger partial charge in [0.1, 0.15) is 5.75 Å². The third-order valence-electron chi connectivity index (χ3n) is 3.37. The van der Waals surface area contributed by atoms with Crippen LogP contribution in [0.3, 0.4) is 0 Å². The summed E-state index contributed by atoms with van der Waals surface area (Å²) in [7, 11) is 0. The van der Waals surface area contributed by atoms with Gasteiger partial charge in [0.15, 0.2) is 0 Å². The summed E-state index contributed by atoms with van der Waals surface area (Å²) >= 11 is 0.